The zero-order valence-corrected chi connectivity index (χ0v) is 11.3. The number of nitrogens with zero attached hydrogens (tertiary/aromatic N) is 2. The molecule has 0 spiro atoms. The van der Waals surface area contributed by atoms with Gasteiger partial charge in [-0.15, -0.1) is 0 Å². The number of aromatic nitrogens is 2. The smallest absolute Gasteiger partial charge is 0.0956 e. The van der Waals surface area contributed by atoms with Crippen LogP contribution in [0.15, 0.2) is 36.8 Å². The first-order valence-corrected chi connectivity index (χ1v) is 7.23. The zero-order valence-electron chi connectivity index (χ0n) is 11.3. The van der Waals surface area contributed by atoms with Crippen molar-refractivity contribution in [1.29, 1.82) is 0 Å². The summed E-state index contributed by atoms with van der Waals surface area (Å²) in [5, 5.41) is 10.5. The highest BCUT2D eigenvalue weighted by Crippen LogP contribution is 2.44. The number of fused-ring (bicyclic) bond motifs is 3. The Balaban J connectivity index is 1.81. The molecule has 4 nitrogen and oxygen atoms in total. The Hall–Kier alpha value is -1.65. The van der Waals surface area contributed by atoms with Gasteiger partial charge in [0.25, 0.3) is 0 Å². The van der Waals surface area contributed by atoms with Crippen LogP contribution in [-0.4, -0.2) is 34.0 Å². The van der Waals surface area contributed by atoms with Gasteiger partial charge in [-0.05, 0) is 18.4 Å². The lowest BCUT2D eigenvalue weighted by Gasteiger charge is -2.28. The first-order chi connectivity index (χ1) is 9.86. The molecule has 4 rings (SSSR count). The van der Waals surface area contributed by atoms with Crippen molar-refractivity contribution < 1.29 is 9.84 Å². The van der Waals surface area contributed by atoms with Crippen molar-refractivity contribution in [2.75, 3.05) is 13.2 Å². The molecule has 1 aromatic carbocycles. The Labute approximate surface area is 118 Å². The quantitative estimate of drug-likeness (QED) is 0.864. The van der Waals surface area contributed by atoms with Gasteiger partial charge in [0.2, 0.25) is 0 Å². The van der Waals surface area contributed by atoms with E-state index in [1.807, 2.05) is 12.5 Å². The molecule has 1 saturated heterocycles. The summed E-state index contributed by atoms with van der Waals surface area (Å²) >= 11 is 0. The van der Waals surface area contributed by atoms with Gasteiger partial charge in [0, 0.05) is 18.1 Å². The number of rotatable bonds is 1. The molecule has 0 unspecified atom stereocenters. The average Bonchev–Trinajstić information content (AvgIpc) is 2.97. The van der Waals surface area contributed by atoms with E-state index in [1.165, 1.54) is 11.1 Å². The van der Waals surface area contributed by atoms with Gasteiger partial charge in [0.05, 0.1) is 37.0 Å². The number of benzene rings is 1. The van der Waals surface area contributed by atoms with Gasteiger partial charge in [0.1, 0.15) is 0 Å². The monoisotopic (exact) mass is 270 g/mol. The molecule has 2 aliphatic heterocycles. The summed E-state index contributed by atoms with van der Waals surface area (Å²) in [6, 6.07) is 8.54. The van der Waals surface area contributed by atoms with Crippen LogP contribution in [0.25, 0.3) is 11.3 Å². The maximum atomic E-state index is 10.5. The number of ether oxygens (including phenoxy) is 1. The fourth-order valence-electron chi connectivity index (χ4n) is 3.55. The highest BCUT2D eigenvalue weighted by Gasteiger charge is 2.38. The van der Waals surface area contributed by atoms with Crippen LogP contribution >= 0.6 is 0 Å². The molecule has 1 fully saturated rings. The summed E-state index contributed by atoms with van der Waals surface area (Å²) in [7, 11) is 0. The minimum atomic E-state index is -0.316. The molecular formula is C16H18N2O2. The standard InChI is InChI=1S/C16H18N2O2/c19-15-6-3-7-20-9-13(15)16-12-5-2-1-4-11(12)14-8-17-10-18(14)16/h1-2,4-5,8,10,13,15-16,19H,3,6-7,9H2/t13-,15-,16+/m1/s1. The van der Waals surface area contributed by atoms with Crippen molar-refractivity contribution in [3.8, 4) is 11.3 Å². The predicted octanol–water partition coefficient (Wildman–Crippen LogP) is 2.24. The van der Waals surface area contributed by atoms with E-state index in [-0.39, 0.29) is 18.1 Å². The molecule has 0 bridgehead atoms. The Kier molecular flexibility index (Phi) is 2.86. The molecule has 20 heavy (non-hydrogen) atoms. The van der Waals surface area contributed by atoms with Crippen LogP contribution in [0.1, 0.15) is 24.4 Å². The van der Waals surface area contributed by atoms with Crippen molar-refractivity contribution in [3.05, 3.63) is 42.4 Å². The number of hydrogen-bond donors (Lipinski definition) is 1. The lowest BCUT2D eigenvalue weighted by molar-refractivity contribution is 0.0395. The number of aliphatic hydroxyl groups excluding tert-OH is 1. The summed E-state index contributed by atoms with van der Waals surface area (Å²) in [4.78, 5) is 4.28. The van der Waals surface area contributed by atoms with Gasteiger partial charge in [-0.1, -0.05) is 24.3 Å². The van der Waals surface area contributed by atoms with E-state index in [2.05, 4.69) is 33.8 Å². The summed E-state index contributed by atoms with van der Waals surface area (Å²) in [6.45, 7) is 1.36. The molecule has 3 atom stereocenters. The molecule has 1 N–H and O–H groups in total. The van der Waals surface area contributed by atoms with Gasteiger partial charge in [-0.25, -0.2) is 4.98 Å². The van der Waals surface area contributed by atoms with Crippen LogP contribution in [0.4, 0.5) is 0 Å². The van der Waals surface area contributed by atoms with Crippen LogP contribution in [0.2, 0.25) is 0 Å². The van der Waals surface area contributed by atoms with Crippen LogP contribution in [-0.2, 0) is 4.74 Å². The van der Waals surface area contributed by atoms with Gasteiger partial charge in [-0.3, -0.25) is 0 Å². The average molecular weight is 270 g/mol. The minimum Gasteiger partial charge on any atom is -0.393 e. The SMILES string of the molecule is O[C@@H]1CCCOC[C@H]1[C@@H]1c2ccccc2-c2cncn21. The molecule has 0 radical (unpaired) electrons. The highest BCUT2D eigenvalue weighted by atomic mass is 16.5. The van der Waals surface area contributed by atoms with Gasteiger partial charge >= 0.3 is 0 Å². The van der Waals surface area contributed by atoms with Gasteiger partial charge in [-0.2, -0.15) is 0 Å². The van der Waals surface area contributed by atoms with E-state index in [0.29, 0.717) is 6.61 Å². The van der Waals surface area contributed by atoms with E-state index in [4.69, 9.17) is 4.74 Å². The maximum absolute atomic E-state index is 10.5. The lowest BCUT2D eigenvalue weighted by Crippen LogP contribution is -2.31. The highest BCUT2D eigenvalue weighted by molar-refractivity contribution is 5.69. The van der Waals surface area contributed by atoms with E-state index >= 15 is 0 Å². The topological polar surface area (TPSA) is 47.3 Å². The Morgan fingerprint density at radius 2 is 2.20 bits per heavy atom. The Morgan fingerprint density at radius 3 is 3.15 bits per heavy atom. The third-order valence-electron chi connectivity index (χ3n) is 4.52. The van der Waals surface area contributed by atoms with Crippen molar-refractivity contribution >= 4 is 0 Å². The second-order valence-corrected chi connectivity index (χ2v) is 5.67. The fraction of sp³-hybridized carbons (Fsp3) is 0.438. The predicted molar refractivity (Wildman–Crippen MR) is 75.4 cm³/mol. The van der Waals surface area contributed by atoms with E-state index in [0.717, 1.165) is 25.1 Å². The van der Waals surface area contributed by atoms with Crippen molar-refractivity contribution in [2.24, 2.45) is 5.92 Å². The third-order valence-corrected chi connectivity index (χ3v) is 4.52. The van der Waals surface area contributed by atoms with Gasteiger partial charge < -0.3 is 14.4 Å². The van der Waals surface area contributed by atoms with Crippen LogP contribution in [0, 0.1) is 5.92 Å². The number of imidazole rings is 1. The second-order valence-electron chi connectivity index (χ2n) is 5.67. The van der Waals surface area contributed by atoms with Crippen molar-refractivity contribution in [3.63, 3.8) is 0 Å². The molecular weight excluding hydrogens is 252 g/mol. The summed E-state index contributed by atoms with van der Waals surface area (Å²) < 4.78 is 7.89. The molecule has 0 saturated carbocycles. The molecule has 0 amide bonds. The van der Waals surface area contributed by atoms with Gasteiger partial charge in [0.15, 0.2) is 0 Å². The molecule has 0 aliphatic carbocycles. The molecule has 1 aromatic heterocycles. The largest absolute Gasteiger partial charge is 0.393 e. The molecule has 2 aromatic rings. The van der Waals surface area contributed by atoms with E-state index in [1.54, 1.807) is 0 Å². The van der Waals surface area contributed by atoms with E-state index in [9.17, 15) is 5.11 Å². The normalized spacial score (nSPS) is 28.8. The third kappa shape index (κ3) is 1.72. The van der Waals surface area contributed by atoms with Crippen molar-refractivity contribution in [1.82, 2.24) is 9.55 Å². The lowest BCUT2D eigenvalue weighted by atomic mass is 9.87. The summed E-state index contributed by atoms with van der Waals surface area (Å²) in [5.41, 5.74) is 3.65. The second kappa shape index (κ2) is 4.72. The Bertz CT molecular complexity index is 622. The minimum absolute atomic E-state index is 0.0918. The first kappa shape index (κ1) is 12.1. The molecule has 2 aliphatic rings. The Morgan fingerprint density at radius 1 is 1.30 bits per heavy atom. The van der Waals surface area contributed by atoms with Crippen LogP contribution in [0.3, 0.4) is 0 Å². The number of hydrogen-bond acceptors (Lipinski definition) is 3. The van der Waals surface area contributed by atoms with Crippen LogP contribution in [0.5, 0.6) is 0 Å². The molecule has 104 valence electrons. The summed E-state index contributed by atoms with van der Waals surface area (Å²) in [6.07, 6.45) is 5.21. The van der Waals surface area contributed by atoms with Crippen molar-refractivity contribution in [2.45, 2.75) is 25.0 Å². The maximum Gasteiger partial charge on any atom is 0.0956 e. The fourth-order valence-corrected chi connectivity index (χ4v) is 3.55. The summed E-state index contributed by atoms with van der Waals surface area (Å²) in [5.74, 6) is 0.0918. The zero-order chi connectivity index (χ0) is 13.5. The van der Waals surface area contributed by atoms with E-state index < -0.39 is 0 Å². The van der Waals surface area contributed by atoms with Crippen LogP contribution < -0.4 is 0 Å². The molecule has 4 heteroatoms. The molecule has 3 heterocycles. The first-order valence-electron chi connectivity index (χ1n) is 7.23. The number of aliphatic hydroxyl groups is 1.